The third kappa shape index (κ3) is 5.98. The van der Waals surface area contributed by atoms with E-state index in [2.05, 4.69) is 25.6 Å². The number of hydrogen-bond acceptors (Lipinski definition) is 9. The summed E-state index contributed by atoms with van der Waals surface area (Å²) in [6.45, 7) is 0. The summed E-state index contributed by atoms with van der Waals surface area (Å²) in [6.07, 6.45) is 0. The summed E-state index contributed by atoms with van der Waals surface area (Å²) in [7, 11) is 3.10. The van der Waals surface area contributed by atoms with Gasteiger partial charge in [0.25, 0.3) is 0 Å². The minimum atomic E-state index is -0.173. The van der Waals surface area contributed by atoms with Crippen LogP contribution in [-0.4, -0.2) is 40.8 Å². The van der Waals surface area contributed by atoms with Crippen molar-refractivity contribution in [3.8, 4) is 11.5 Å². The number of para-hydroxylation sites is 1. The molecule has 0 saturated carbocycles. The number of aromatic nitrogens is 3. The molecule has 30 heavy (non-hydrogen) atoms. The summed E-state index contributed by atoms with van der Waals surface area (Å²) < 4.78 is 10.4. The number of carbonyl (C=O) groups is 1. The van der Waals surface area contributed by atoms with E-state index in [0.29, 0.717) is 34.7 Å². The highest BCUT2D eigenvalue weighted by molar-refractivity contribution is 7.99. The van der Waals surface area contributed by atoms with Crippen molar-refractivity contribution < 1.29 is 14.3 Å². The molecule has 2 aromatic carbocycles. The van der Waals surface area contributed by atoms with Crippen LogP contribution in [0, 0.1) is 0 Å². The van der Waals surface area contributed by atoms with Crippen LogP contribution in [0.1, 0.15) is 5.82 Å². The molecule has 3 rings (SSSR count). The Balaban J connectivity index is 1.55. The molecule has 0 saturated heterocycles. The maximum atomic E-state index is 12.3. The standard InChI is InChI=1S/C20H22N6O3S/c1-28-14-8-9-15(16(10-14)29-2)23-18(27)12-30-11-17-24-19(21)26-20(25-17)22-13-6-4-3-5-7-13/h3-10H,11-12H2,1-2H3,(H,23,27)(H3,21,22,24,25,26). The number of ether oxygens (including phenoxy) is 2. The SMILES string of the molecule is COc1ccc(NC(=O)CSCc2nc(N)nc(Nc3ccccc3)n2)c(OC)c1. The van der Waals surface area contributed by atoms with Crippen molar-refractivity contribution in [2.45, 2.75) is 5.75 Å². The van der Waals surface area contributed by atoms with Gasteiger partial charge in [0, 0.05) is 11.8 Å². The number of methoxy groups -OCH3 is 2. The Bertz CT molecular complexity index is 1000. The summed E-state index contributed by atoms with van der Waals surface area (Å²) in [4.78, 5) is 24.9. The zero-order chi connectivity index (χ0) is 21.3. The van der Waals surface area contributed by atoms with E-state index in [-0.39, 0.29) is 17.6 Å². The highest BCUT2D eigenvalue weighted by Crippen LogP contribution is 2.29. The van der Waals surface area contributed by atoms with Crippen LogP contribution in [0.3, 0.4) is 0 Å². The topological polar surface area (TPSA) is 124 Å². The molecule has 0 fully saturated rings. The lowest BCUT2D eigenvalue weighted by Crippen LogP contribution is -2.15. The number of nitrogens with two attached hydrogens (primary N) is 1. The molecule has 9 nitrogen and oxygen atoms in total. The van der Waals surface area contributed by atoms with Crippen molar-refractivity contribution >= 4 is 40.9 Å². The van der Waals surface area contributed by atoms with Crippen molar-refractivity contribution in [2.24, 2.45) is 0 Å². The van der Waals surface area contributed by atoms with Crippen LogP contribution in [0.25, 0.3) is 0 Å². The molecular formula is C20H22N6O3S. The highest BCUT2D eigenvalue weighted by atomic mass is 32.2. The predicted octanol–water partition coefficient (Wildman–Crippen LogP) is 3.09. The molecule has 0 unspecified atom stereocenters. The second-order valence-electron chi connectivity index (χ2n) is 6.03. The van der Waals surface area contributed by atoms with Gasteiger partial charge >= 0.3 is 0 Å². The molecule has 1 aromatic heterocycles. The molecule has 156 valence electrons. The van der Waals surface area contributed by atoms with Gasteiger partial charge in [-0.3, -0.25) is 4.79 Å². The van der Waals surface area contributed by atoms with Gasteiger partial charge in [0.05, 0.1) is 31.4 Å². The normalized spacial score (nSPS) is 10.3. The Morgan fingerprint density at radius 2 is 1.87 bits per heavy atom. The Morgan fingerprint density at radius 3 is 2.60 bits per heavy atom. The van der Waals surface area contributed by atoms with Gasteiger partial charge in [-0.25, -0.2) is 0 Å². The van der Waals surface area contributed by atoms with Crippen LogP contribution in [0.15, 0.2) is 48.5 Å². The van der Waals surface area contributed by atoms with Crippen LogP contribution < -0.4 is 25.8 Å². The molecule has 10 heteroatoms. The van der Waals surface area contributed by atoms with Crippen LogP contribution >= 0.6 is 11.8 Å². The van der Waals surface area contributed by atoms with E-state index < -0.39 is 0 Å². The predicted molar refractivity (Wildman–Crippen MR) is 118 cm³/mol. The van der Waals surface area contributed by atoms with Gasteiger partial charge < -0.3 is 25.8 Å². The first kappa shape index (κ1) is 21.2. The molecule has 0 radical (unpaired) electrons. The molecule has 0 spiro atoms. The first-order chi connectivity index (χ1) is 14.6. The van der Waals surface area contributed by atoms with Crippen LogP contribution in [-0.2, 0) is 10.5 Å². The molecule has 3 aromatic rings. The lowest BCUT2D eigenvalue weighted by molar-refractivity contribution is -0.113. The van der Waals surface area contributed by atoms with Crippen LogP contribution in [0.2, 0.25) is 0 Å². The Kier molecular flexibility index (Phi) is 7.28. The van der Waals surface area contributed by atoms with Crippen LogP contribution in [0.5, 0.6) is 11.5 Å². The monoisotopic (exact) mass is 426 g/mol. The van der Waals surface area contributed by atoms with Crippen LogP contribution in [0.4, 0.5) is 23.3 Å². The zero-order valence-corrected chi connectivity index (χ0v) is 17.4. The molecule has 0 bridgehead atoms. The van der Waals surface area contributed by atoms with Crippen molar-refractivity contribution in [1.82, 2.24) is 15.0 Å². The second kappa shape index (κ2) is 10.3. The van der Waals surface area contributed by atoms with E-state index in [4.69, 9.17) is 15.2 Å². The van der Waals surface area contributed by atoms with Crippen molar-refractivity contribution in [1.29, 1.82) is 0 Å². The lowest BCUT2D eigenvalue weighted by atomic mass is 10.2. The minimum Gasteiger partial charge on any atom is -0.497 e. The van der Waals surface area contributed by atoms with Crippen molar-refractivity contribution in [3.63, 3.8) is 0 Å². The maximum absolute atomic E-state index is 12.3. The van der Waals surface area contributed by atoms with Crippen molar-refractivity contribution in [2.75, 3.05) is 36.3 Å². The Hall–Kier alpha value is -3.53. The molecule has 0 aliphatic rings. The summed E-state index contributed by atoms with van der Waals surface area (Å²) in [5.41, 5.74) is 7.20. The molecule has 0 aliphatic carbocycles. The minimum absolute atomic E-state index is 0.117. The summed E-state index contributed by atoms with van der Waals surface area (Å²) in [5.74, 6) is 2.57. The number of benzene rings is 2. The molecule has 0 atom stereocenters. The van der Waals surface area contributed by atoms with Crippen molar-refractivity contribution in [3.05, 3.63) is 54.4 Å². The van der Waals surface area contributed by atoms with E-state index in [9.17, 15) is 4.79 Å². The number of nitrogen functional groups attached to an aromatic ring is 1. The molecule has 4 N–H and O–H groups in total. The number of rotatable bonds is 9. The highest BCUT2D eigenvalue weighted by Gasteiger charge is 2.11. The summed E-state index contributed by atoms with van der Waals surface area (Å²) in [5, 5.41) is 5.91. The van der Waals surface area contributed by atoms with E-state index in [1.54, 1.807) is 25.3 Å². The first-order valence-corrected chi connectivity index (χ1v) is 10.1. The molecule has 0 aliphatic heterocycles. The van der Waals surface area contributed by atoms with Gasteiger partial charge in [0.15, 0.2) is 0 Å². The Labute approximate surface area is 178 Å². The van der Waals surface area contributed by atoms with Gasteiger partial charge in [-0.15, -0.1) is 11.8 Å². The molecule has 1 heterocycles. The lowest BCUT2D eigenvalue weighted by Gasteiger charge is -2.11. The van der Waals surface area contributed by atoms with E-state index in [1.807, 2.05) is 30.3 Å². The van der Waals surface area contributed by atoms with Gasteiger partial charge in [-0.2, -0.15) is 15.0 Å². The number of carbonyl (C=O) groups excluding carboxylic acids is 1. The molecule has 1 amide bonds. The van der Waals surface area contributed by atoms with E-state index in [1.165, 1.54) is 18.9 Å². The fourth-order valence-corrected chi connectivity index (χ4v) is 3.20. The first-order valence-electron chi connectivity index (χ1n) is 8.99. The third-order valence-electron chi connectivity index (χ3n) is 3.88. The van der Waals surface area contributed by atoms with Gasteiger partial charge in [-0.1, -0.05) is 18.2 Å². The maximum Gasteiger partial charge on any atom is 0.234 e. The fourth-order valence-electron chi connectivity index (χ4n) is 2.53. The molecular weight excluding hydrogens is 404 g/mol. The third-order valence-corrected chi connectivity index (χ3v) is 4.80. The zero-order valence-electron chi connectivity index (χ0n) is 16.6. The van der Waals surface area contributed by atoms with E-state index >= 15 is 0 Å². The summed E-state index contributed by atoms with van der Waals surface area (Å²) in [6, 6.07) is 14.7. The number of nitrogens with zero attached hydrogens (tertiary/aromatic N) is 3. The summed E-state index contributed by atoms with van der Waals surface area (Å²) >= 11 is 1.36. The average Bonchev–Trinajstić information content (AvgIpc) is 2.74. The quantitative estimate of drug-likeness (QED) is 0.473. The van der Waals surface area contributed by atoms with E-state index in [0.717, 1.165) is 5.69 Å². The smallest absolute Gasteiger partial charge is 0.234 e. The number of anilines is 4. The van der Waals surface area contributed by atoms with Gasteiger partial charge in [-0.05, 0) is 24.3 Å². The second-order valence-corrected chi connectivity index (χ2v) is 7.02. The fraction of sp³-hybridized carbons (Fsp3) is 0.200. The largest absolute Gasteiger partial charge is 0.497 e. The average molecular weight is 427 g/mol. The Morgan fingerprint density at radius 1 is 1.07 bits per heavy atom. The van der Waals surface area contributed by atoms with Gasteiger partial charge in [0.2, 0.25) is 17.8 Å². The number of hydrogen-bond donors (Lipinski definition) is 3. The number of thioether (sulfide) groups is 1. The van der Waals surface area contributed by atoms with Gasteiger partial charge in [0.1, 0.15) is 17.3 Å². The number of nitrogens with one attached hydrogen (secondary N) is 2. The number of amides is 1.